The monoisotopic (exact) mass is 368 g/mol. The number of ether oxygens (including phenoxy) is 1. The average Bonchev–Trinajstić information content (AvgIpc) is 2.65. The Hall–Kier alpha value is -2.43. The van der Waals surface area contributed by atoms with Crippen molar-refractivity contribution in [2.45, 2.75) is 45.4 Å². The van der Waals surface area contributed by atoms with Crippen LogP contribution in [0.3, 0.4) is 0 Å². The van der Waals surface area contributed by atoms with Gasteiger partial charge in [0, 0.05) is 43.5 Å². The van der Waals surface area contributed by atoms with E-state index in [0.717, 1.165) is 36.2 Å². The number of carbonyl (C=O) groups excluding carboxylic acids is 2. The van der Waals surface area contributed by atoms with Crippen LogP contribution in [-0.4, -0.2) is 38.2 Å². The molecule has 0 amide bonds. The Kier molecular flexibility index (Phi) is 5.78. The van der Waals surface area contributed by atoms with Crippen molar-refractivity contribution >= 4 is 23.2 Å². The molecular weight excluding hydrogens is 340 g/mol. The van der Waals surface area contributed by atoms with Crippen molar-refractivity contribution in [2.75, 3.05) is 25.6 Å². The zero-order valence-corrected chi connectivity index (χ0v) is 16.6. The summed E-state index contributed by atoms with van der Waals surface area (Å²) in [6, 6.07) is 8.09. The number of allylic oxidation sites excluding steroid dienone is 1. The van der Waals surface area contributed by atoms with Crippen molar-refractivity contribution in [3.05, 3.63) is 41.1 Å². The summed E-state index contributed by atoms with van der Waals surface area (Å²) in [7, 11) is 3.98. The fourth-order valence-electron chi connectivity index (χ4n) is 4.00. The summed E-state index contributed by atoms with van der Waals surface area (Å²) in [5.41, 5.74) is 4.17. The molecule has 1 aromatic rings. The van der Waals surface area contributed by atoms with Gasteiger partial charge in [0.15, 0.2) is 0 Å². The van der Waals surface area contributed by atoms with Crippen molar-refractivity contribution in [1.29, 1.82) is 0 Å². The zero-order chi connectivity index (χ0) is 19.6. The van der Waals surface area contributed by atoms with Gasteiger partial charge in [0.1, 0.15) is 5.78 Å². The highest BCUT2D eigenvalue weighted by molar-refractivity contribution is 6.11. The number of nitrogens with zero attached hydrogens (tertiary/aromatic N) is 2. The highest BCUT2D eigenvalue weighted by Gasteiger charge is 2.43. The molecule has 0 N–H and O–H groups in total. The van der Waals surface area contributed by atoms with E-state index in [2.05, 4.69) is 4.99 Å². The molecule has 0 aromatic heterocycles. The highest BCUT2D eigenvalue weighted by Crippen LogP contribution is 2.43. The summed E-state index contributed by atoms with van der Waals surface area (Å²) >= 11 is 0. The highest BCUT2D eigenvalue weighted by atomic mass is 16.5. The lowest BCUT2D eigenvalue weighted by atomic mass is 9.69. The second kappa shape index (κ2) is 8.07. The largest absolute Gasteiger partial charge is 0.462 e. The zero-order valence-electron chi connectivity index (χ0n) is 16.6. The Labute approximate surface area is 161 Å². The standard InChI is InChI=1S/C22H28N2O3/c1-5-13-27-22(26)19-14(2)23-17-7-6-8-18(25)21(17)20(19)15-9-11-16(12-10-15)24(3)4/h9-12,20-21H,5-8,13H2,1-4H3/t20-,21+/m0/s1. The molecule has 27 heavy (non-hydrogen) atoms. The Balaban J connectivity index is 2.07. The number of aliphatic imine (C=N–C) groups is 1. The van der Waals surface area contributed by atoms with Gasteiger partial charge in [-0.1, -0.05) is 19.1 Å². The maximum Gasteiger partial charge on any atom is 0.336 e. The van der Waals surface area contributed by atoms with E-state index in [9.17, 15) is 9.59 Å². The maximum absolute atomic E-state index is 12.8. The van der Waals surface area contributed by atoms with Crippen LogP contribution in [0.1, 0.15) is 51.0 Å². The predicted octanol–water partition coefficient (Wildman–Crippen LogP) is 3.89. The molecule has 2 atom stereocenters. The topological polar surface area (TPSA) is 59.0 Å². The Morgan fingerprint density at radius 2 is 1.89 bits per heavy atom. The third kappa shape index (κ3) is 3.82. The number of carbonyl (C=O) groups is 2. The first-order chi connectivity index (χ1) is 12.9. The van der Waals surface area contributed by atoms with E-state index >= 15 is 0 Å². The molecule has 0 radical (unpaired) electrons. The number of Topliss-reactive ketones (excluding diaryl/α,β-unsaturated/α-hetero) is 1. The lowest BCUT2D eigenvalue weighted by Crippen LogP contribution is -2.39. The number of rotatable bonds is 5. The van der Waals surface area contributed by atoms with Gasteiger partial charge in [-0.2, -0.15) is 0 Å². The first-order valence-electron chi connectivity index (χ1n) is 9.69. The van der Waals surface area contributed by atoms with E-state index in [1.54, 1.807) is 0 Å². The molecule has 3 rings (SSSR count). The van der Waals surface area contributed by atoms with Gasteiger partial charge in [0.05, 0.1) is 18.1 Å². The third-order valence-electron chi connectivity index (χ3n) is 5.33. The van der Waals surface area contributed by atoms with E-state index < -0.39 is 0 Å². The normalized spacial score (nSPS) is 22.2. The SMILES string of the molecule is CCCOC(=O)C1=C(C)N=C2CCCC(=O)[C@@H]2[C@H]1c1ccc(N(C)C)cc1. The first kappa shape index (κ1) is 19.3. The number of hydrogen-bond donors (Lipinski definition) is 0. The van der Waals surface area contributed by atoms with Gasteiger partial charge in [0.25, 0.3) is 0 Å². The van der Waals surface area contributed by atoms with Crippen molar-refractivity contribution < 1.29 is 14.3 Å². The van der Waals surface area contributed by atoms with E-state index in [-0.39, 0.29) is 23.6 Å². The fraction of sp³-hybridized carbons (Fsp3) is 0.500. The second-order valence-electron chi connectivity index (χ2n) is 7.50. The summed E-state index contributed by atoms with van der Waals surface area (Å²) < 4.78 is 5.44. The van der Waals surface area contributed by atoms with E-state index in [1.807, 2.05) is 57.1 Å². The van der Waals surface area contributed by atoms with Gasteiger partial charge >= 0.3 is 5.97 Å². The summed E-state index contributed by atoms with van der Waals surface area (Å²) in [4.78, 5) is 32.3. The number of fused-ring (bicyclic) bond motifs is 1. The van der Waals surface area contributed by atoms with E-state index in [1.165, 1.54) is 0 Å². The number of ketones is 1. The molecule has 5 heteroatoms. The van der Waals surface area contributed by atoms with Crippen LogP contribution in [0.5, 0.6) is 0 Å². The lowest BCUT2D eigenvalue weighted by molar-refractivity contribution is -0.139. The number of benzene rings is 1. The lowest BCUT2D eigenvalue weighted by Gasteiger charge is -2.35. The summed E-state index contributed by atoms with van der Waals surface area (Å²) in [6.45, 7) is 4.19. The van der Waals surface area contributed by atoms with E-state index in [0.29, 0.717) is 24.3 Å². The summed E-state index contributed by atoms with van der Waals surface area (Å²) in [5, 5.41) is 0. The minimum Gasteiger partial charge on any atom is -0.462 e. The Morgan fingerprint density at radius 1 is 1.19 bits per heavy atom. The molecule has 0 bridgehead atoms. The average molecular weight is 368 g/mol. The molecule has 5 nitrogen and oxygen atoms in total. The molecule has 1 aliphatic carbocycles. The molecule has 1 saturated carbocycles. The quantitative estimate of drug-likeness (QED) is 0.740. The third-order valence-corrected chi connectivity index (χ3v) is 5.33. The smallest absolute Gasteiger partial charge is 0.336 e. The van der Waals surface area contributed by atoms with Crippen LogP contribution in [0.25, 0.3) is 0 Å². The van der Waals surface area contributed by atoms with Gasteiger partial charge in [-0.25, -0.2) is 4.79 Å². The van der Waals surface area contributed by atoms with Gasteiger partial charge in [-0.05, 0) is 43.9 Å². The predicted molar refractivity (Wildman–Crippen MR) is 107 cm³/mol. The number of esters is 1. The summed E-state index contributed by atoms with van der Waals surface area (Å²) in [5.74, 6) is -0.838. The molecule has 1 aliphatic heterocycles. The molecule has 2 aliphatic rings. The van der Waals surface area contributed by atoms with Crippen molar-refractivity contribution in [2.24, 2.45) is 10.9 Å². The van der Waals surface area contributed by atoms with Crippen molar-refractivity contribution in [1.82, 2.24) is 0 Å². The van der Waals surface area contributed by atoms with Gasteiger partial charge < -0.3 is 9.64 Å². The maximum atomic E-state index is 12.8. The number of hydrogen-bond acceptors (Lipinski definition) is 5. The van der Waals surface area contributed by atoms with Gasteiger partial charge in [-0.3, -0.25) is 9.79 Å². The molecular formula is C22H28N2O3. The molecule has 144 valence electrons. The molecule has 1 fully saturated rings. The minimum atomic E-state index is -0.350. The second-order valence-corrected chi connectivity index (χ2v) is 7.50. The summed E-state index contributed by atoms with van der Waals surface area (Å²) in [6.07, 6.45) is 2.96. The van der Waals surface area contributed by atoms with Gasteiger partial charge in [-0.15, -0.1) is 0 Å². The van der Waals surface area contributed by atoms with Crippen LogP contribution in [-0.2, 0) is 14.3 Å². The van der Waals surface area contributed by atoms with Crippen LogP contribution in [0.4, 0.5) is 5.69 Å². The molecule has 1 aromatic carbocycles. The molecule has 0 unspecified atom stereocenters. The van der Waals surface area contributed by atoms with Crippen LogP contribution in [0, 0.1) is 5.92 Å². The van der Waals surface area contributed by atoms with Crippen molar-refractivity contribution in [3.63, 3.8) is 0 Å². The Bertz CT molecular complexity index is 790. The van der Waals surface area contributed by atoms with Gasteiger partial charge in [0.2, 0.25) is 0 Å². The molecule has 0 spiro atoms. The number of anilines is 1. The molecule has 0 saturated heterocycles. The van der Waals surface area contributed by atoms with Crippen molar-refractivity contribution in [3.8, 4) is 0 Å². The van der Waals surface area contributed by atoms with E-state index in [4.69, 9.17) is 4.74 Å². The van der Waals surface area contributed by atoms with Crippen LogP contribution in [0.15, 0.2) is 40.5 Å². The Morgan fingerprint density at radius 3 is 2.52 bits per heavy atom. The molecule has 1 heterocycles. The first-order valence-corrected chi connectivity index (χ1v) is 9.69. The van der Waals surface area contributed by atoms with Crippen LogP contribution >= 0.6 is 0 Å². The van der Waals surface area contributed by atoms with Crippen LogP contribution in [0.2, 0.25) is 0 Å². The van der Waals surface area contributed by atoms with Crippen LogP contribution < -0.4 is 4.90 Å². The minimum absolute atomic E-state index is 0.176. The fourth-order valence-corrected chi connectivity index (χ4v) is 4.00.